The summed E-state index contributed by atoms with van der Waals surface area (Å²) < 4.78 is 31.0. The zero-order valence-electron chi connectivity index (χ0n) is 20.4. The molecule has 2 aromatic heterocycles. The van der Waals surface area contributed by atoms with Gasteiger partial charge in [-0.3, -0.25) is 0 Å². The van der Waals surface area contributed by atoms with E-state index in [9.17, 15) is 8.42 Å². The van der Waals surface area contributed by atoms with Crippen molar-refractivity contribution in [2.45, 2.75) is 51.5 Å². The zero-order valence-corrected chi connectivity index (χ0v) is 21.2. The van der Waals surface area contributed by atoms with Crippen molar-refractivity contribution in [2.24, 2.45) is 5.41 Å². The number of aryl methyl sites for hydroxylation is 1. The summed E-state index contributed by atoms with van der Waals surface area (Å²) >= 11 is 0. The number of aromatic nitrogens is 3. The minimum Gasteiger partial charge on any atom is -0.491 e. The van der Waals surface area contributed by atoms with E-state index >= 15 is 0 Å². The SMILES string of the molecule is CCS(=O)(=O)c1cc(-c2ccc3c(c2)CN(c2ncnc4c2CC(C)(C)CC4)CCO3)cnc1N. The highest BCUT2D eigenvalue weighted by atomic mass is 32.2. The first-order valence-corrected chi connectivity index (χ1v) is 13.6. The van der Waals surface area contributed by atoms with Gasteiger partial charge < -0.3 is 15.4 Å². The van der Waals surface area contributed by atoms with Gasteiger partial charge >= 0.3 is 0 Å². The van der Waals surface area contributed by atoms with E-state index < -0.39 is 9.84 Å². The molecule has 0 saturated carbocycles. The van der Waals surface area contributed by atoms with E-state index in [0.29, 0.717) is 18.7 Å². The second-order valence-electron chi connectivity index (χ2n) is 10.1. The number of rotatable bonds is 4. The molecule has 5 rings (SSSR count). The lowest BCUT2D eigenvalue weighted by Gasteiger charge is -2.33. The lowest BCUT2D eigenvalue weighted by molar-refractivity contribution is 0.310. The number of anilines is 2. The van der Waals surface area contributed by atoms with Crippen molar-refractivity contribution >= 4 is 21.5 Å². The van der Waals surface area contributed by atoms with Crippen LogP contribution in [0.3, 0.4) is 0 Å². The van der Waals surface area contributed by atoms with Crippen LogP contribution in [0.25, 0.3) is 11.1 Å². The van der Waals surface area contributed by atoms with E-state index in [4.69, 9.17) is 15.5 Å². The van der Waals surface area contributed by atoms with Gasteiger partial charge in [-0.25, -0.2) is 23.4 Å². The van der Waals surface area contributed by atoms with Crippen molar-refractivity contribution in [3.8, 4) is 16.9 Å². The van der Waals surface area contributed by atoms with E-state index in [0.717, 1.165) is 54.2 Å². The van der Waals surface area contributed by atoms with Crippen molar-refractivity contribution < 1.29 is 13.2 Å². The van der Waals surface area contributed by atoms with Gasteiger partial charge in [0.2, 0.25) is 0 Å². The van der Waals surface area contributed by atoms with Gasteiger partial charge in [-0.15, -0.1) is 0 Å². The summed E-state index contributed by atoms with van der Waals surface area (Å²) in [5.41, 5.74) is 11.1. The Bertz CT molecular complexity index is 1390. The fraction of sp³-hybridized carbons (Fsp3) is 0.423. The molecule has 1 aliphatic heterocycles. The van der Waals surface area contributed by atoms with Gasteiger partial charge in [0.15, 0.2) is 9.84 Å². The van der Waals surface area contributed by atoms with E-state index in [2.05, 4.69) is 28.7 Å². The minimum atomic E-state index is -3.48. The zero-order chi connectivity index (χ0) is 24.8. The molecular weight excluding hydrogens is 462 g/mol. The maximum Gasteiger partial charge on any atom is 0.181 e. The van der Waals surface area contributed by atoms with Crippen LogP contribution in [0.1, 0.15) is 44.0 Å². The van der Waals surface area contributed by atoms with Gasteiger partial charge in [-0.2, -0.15) is 0 Å². The molecule has 184 valence electrons. The van der Waals surface area contributed by atoms with Crippen LogP contribution in [-0.2, 0) is 29.2 Å². The Balaban J connectivity index is 1.51. The Morgan fingerprint density at radius 2 is 1.97 bits per heavy atom. The van der Waals surface area contributed by atoms with Crippen LogP contribution in [0.4, 0.5) is 11.6 Å². The maximum atomic E-state index is 12.5. The van der Waals surface area contributed by atoms with Crippen LogP contribution in [-0.4, -0.2) is 42.3 Å². The van der Waals surface area contributed by atoms with Gasteiger partial charge in [0.1, 0.15) is 35.2 Å². The van der Waals surface area contributed by atoms with Crippen LogP contribution in [0, 0.1) is 5.41 Å². The normalized spacial score (nSPS) is 17.2. The largest absolute Gasteiger partial charge is 0.491 e. The molecule has 0 spiro atoms. The van der Waals surface area contributed by atoms with Gasteiger partial charge in [-0.05, 0) is 48.4 Å². The Morgan fingerprint density at radius 3 is 2.77 bits per heavy atom. The second kappa shape index (κ2) is 8.78. The topological polar surface area (TPSA) is 111 Å². The fourth-order valence-electron chi connectivity index (χ4n) is 4.90. The summed E-state index contributed by atoms with van der Waals surface area (Å²) in [6.45, 7) is 8.10. The molecule has 3 aromatic rings. The van der Waals surface area contributed by atoms with Crippen LogP contribution in [0.15, 0.2) is 41.7 Å². The van der Waals surface area contributed by atoms with Crippen molar-refractivity contribution in [1.29, 1.82) is 0 Å². The Morgan fingerprint density at radius 1 is 1.14 bits per heavy atom. The third-order valence-electron chi connectivity index (χ3n) is 6.98. The van der Waals surface area contributed by atoms with Crippen LogP contribution in [0.2, 0.25) is 0 Å². The molecule has 0 saturated heterocycles. The summed E-state index contributed by atoms with van der Waals surface area (Å²) in [5, 5.41) is 0. The summed E-state index contributed by atoms with van der Waals surface area (Å²) in [6, 6.07) is 7.53. The first kappa shape index (κ1) is 23.5. The number of ether oxygens (including phenoxy) is 1. The molecule has 0 atom stereocenters. The van der Waals surface area contributed by atoms with Crippen LogP contribution in [0.5, 0.6) is 5.75 Å². The molecular formula is C26H31N5O3S. The quantitative estimate of drug-likeness (QED) is 0.584. The highest BCUT2D eigenvalue weighted by Crippen LogP contribution is 2.39. The molecule has 0 unspecified atom stereocenters. The number of nitrogens with two attached hydrogens (primary N) is 1. The van der Waals surface area contributed by atoms with Gasteiger partial charge in [0.25, 0.3) is 0 Å². The van der Waals surface area contributed by atoms with Crippen molar-refractivity contribution in [1.82, 2.24) is 15.0 Å². The van der Waals surface area contributed by atoms with Gasteiger partial charge in [-0.1, -0.05) is 26.8 Å². The van der Waals surface area contributed by atoms with E-state index in [-0.39, 0.29) is 21.9 Å². The first-order valence-electron chi connectivity index (χ1n) is 12.0. The molecule has 1 aromatic carbocycles. The third-order valence-corrected chi connectivity index (χ3v) is 8.73. The molecule has 0 amide bonds. The summed E-state index contributed by atoms with van der Waals surface area (Å²) in [6.07, 6.45) is 6.33. The average Bonchev–Trinajstić information content (AvgIpc) is 3.05. The highest BCUT2D eigenvalue weighted by Gasteiger charge is 2.30. The number of pyridine rings is 1. The number of hydrogen-bond donors (Lipinski definition) is 1. The number of nitrogens with zero attached hydrogens (tertiary/aromatic N) is 4. The summed E-state index contributed by atoms with van der Waals surface area (Å²) in [4.78, 5) is 15.8. The average molecular weight is 494 g/mol. The van der Waals surface area contributed by atoms with Gasteiger partial charge in [0, 0.05) is 35.1 Å². The number of hydrogen-bond acceptors (Lipinski definition) is 8. The fourth-order valence-corrected chi connectivity index (χ4v) is 5.89. The minimum absolute atomic E-state index is 0.0244. The molecule has 2 aliphatic rings. The number of fused-ring (bicyclic) bond motifs is 2. The summed E-state index contributed by atoms with van der Waals surface area (Å²) in [5.74, 6) is 1.80. The number of sulfone groups is 1. The van der Waals surface area contributed by atoms with E-state index in [1.165, 1.54) is 5.56 Å². The number of benzene rings is 1. The monoisotopic (exact) mass is 493 g/mol. The molecule has 0 radical (unpaired) electrons. The molecule has 1 aliphatic carbocycles. The highest BCUT2D eigenvalue weighted by molar-refractivity contribution is 7.91. The van der Waals surface area contributed by atoms with Gasteiger partial charge in [0.05, 0.1) is 12.3 Å². The maximum absolute atomic E-state index is 12.5. The molecule has 9 heteroatoms. The summed E-state index contributed by atoms with van der Waals surface area (Å²) in [7, 11) is -3.48. The number of nitrogen functional groups attached to an aromatic ring is 1. The standard InChI is InChI=1S/C26H31N5O3S/c1-4-35(32,33)23-12-18(14-28-24(23)27)17-5-6-22-19(11-17)15-31(9-10-34-22)25-20-13-26(2,3)8-7-21(20)29-16-30-25/h5-6,11-12,14,16H,4,7-10,13,15H2,1-3H3,(H2,27,28). The molecule has 3 heterocycles. The molecule has 8 nitrogen and oxygen atoms in total. The third kappa shape index (κ3) is 4.57. The predicted molar refractivity (Wildman–Crippen MR) is 136 cm³/mol. The lowest BCUT2D eigenvalue weighted by atomic mass is 9.76. The Kier molecular flexibility index (Phi) is 5.91. The van der Waals surface area contributed by atoms with E-state index in [1.54, 1.807) is 25.5 Å². The molecule has 0 bridgehead atoms. The Labute approximate surface area is 206 Å². The first-order chi connectivity index (χ1) is 16.7. The van der Waals surface area contributed by atoms with Crippen molar-refractivity contribution in [3.63, 3.8) is 0 Å². The predicted octanol–water partition coefficient (Wildman–Crippen LogP) is 3.83. The second-order valence-corrected chi connectivity index (χ2v) is 12.3. The molecule has 0 fully saturated rings. The van der Waals surface area contributed by atoms with Crippen LogP contribution >= 0.6 is 0 Å². The molecule has 2 N–H and O–H groups in total. The lowest BCUT2D eigenvalue weighted by Crippen LogP contribution is -2.31. The van der Waals surface area contributed by atoms with Crippen LogP contribution < -0.4 is 15.4 Å². The van der Waals surface area contributed by atoms with E-state index in [1.807, 2.05) is 18.2 Å². The molecule has 35 heavy (non-hydrogen) atoms. The van der Waals surface area contributed by atoms with Crippen molar-refractivity contribution in [3.05, 3.63) is 53.6 Å². The Hall–Kier alpha value is -3.20. The smallest absolute Gasteiger partial charge is 0.181 e. The van der Waals surface area contributed by atoms with Crippen molar-refractivity contribution in [2.75, 3.05) is 29.5 Å².